The van der Waals surface area contributed by atoms with E-state index in [0.29, 0.717) is 17.8 Å². The standard InChI is InChI=1S/C16H16N4O2/c1-10-5-3-4-6-12(10)8-17-15(21)13-7-14-16(22)18-11(2)9-20(14)19-13/h3-7,9H,8H2,1-2H3,(H,17,21)(H,18,22). The average molecular weight is 296 g/mol. The summed E-state index contributed by atoms with van der Waals surface area (Å²) >= 11 is 0. The van der Waals surface area contributed by atoms with E-state index in [-0.39, 0.29) is 17.2 Å². The number of aromatic amines is 1. The molecule has 1 aromatic carbocycles. The summed E-state index contributed by atoms with van der Waals surface area (Å²) in [5, 5.41) is 6.98. The third-order valence-electron chi connectivity index (χ3n) is 3.53. The van der Waals surface area contributed by atoms with Gasteiger partial charge in [-0.15, -0.1) is 0 Å². The highest BCUT2D eigenvalue weighted by Crippen LogP contribution is 2.07. The first-order chi connectivity index (χ1) is 10.5. The fourth-order valence-corrected chi connectivity index (χ4v) is 2.31. The number of hydrogen-bond donors (Lipinski definition) is 2. The topological polar surface area (TPSA) is 79.3 Å². The van der Waals surface area contributed by atoms with Gasteiger partial charge in [-0.3, -0.25) is 9.59 Å². The van der Waals surface area contributed by atoms with Gasteiger partial charge in [-0.1, -0.05) is 24.3 Å². The summed E-state index contributed by atoms with van der Waals surface area (Å²) in [5.74, 6) is -0.302. The van der Waals surface area contributed by atoms with E-state index < -0.39 is 0 Å². The molecular weight excluding hydrogens is 280 g/mol. The van der Waals surface area contributed by atoms with Crippen LogP contribution in [-0.2, 0) is 6.54 Å². The number of carbonyl (C=O) groups is 1. The molecular formula is C16H16N4O2. The molecule has 2 aromatic heterocycles. The van der Waals surface area contributed by atoms with Gasteiger partial charge in [-0.2, -0.15) is 5.10 Å². The van der Waals surface area contributed by atoms with Crippen LogP contribution < -0.4 is 10.9 Å². The van der Waals surface area contributed by atoms with Gasteiger partial charge in [0.15, 0.2) is 5.69 Å². The van der Waals surface area contributed by atoms with Gasteiger partial charge in [0.25, 0.3) is 11.5 Å². The first kappa shape index (κ1) is 14.1. The Bertz CT molecular complexity index is 908. The summed E-state index contributed by atoms with van der Waals surface area (Å²) < 4.78 is 1.43. The third-order valence-corrected chi connectivity index (χ3v) is 3.53. The molecule has 3 rings (SSSR count). The van der Waals surface area contributed by atoms with Crippen LogP contribution in [0, 0.1) is 13.8 Å². The molecule has 0 radical (unpaired) electrons. The Morgan fingerprint density at radius 1 is 1.32 bits per heavy atom. The normalized spacial score (nSPS) is 10.8. The number of rotatable bonds is 3. The van der Waals surface area contributed by atoms with Crippen molar-refractivity contribution in [1.29, 1.82) is 0 Å². The fraction of sp³-hybridized carbons (Fsp3) is 0.188. The number of aryl methyl sites for hydroxylation is 2. The Hall–Kier alpha value is -2.89. The van der Waals surface area contributed by atoms with Crippen LogP contribution in [0.1, 0.15) is 27.3 Å². The molecule has 0 fully saturated rings. The summed E-state index contributed by atoms with van der Waals surface area (Å²) in [6.07, 6.45) is 1.68. The summed E-state index contributed by atoms with van der Waals surface area (Å²) in [4.78, 5) is 26.7. The molecule has 0 spiro atoms. The van der Waals surface area contributed by atoms with Crippen molar-refractivity contribution in [2.45, 2.75) is 20.4 Å². The number of amides is 1. The number of nitrogens with zero attached hydrogens (tertiary/aromatic N) is 2. The van der Waals surface area contributed by atoms with E-state index in [1.807, 2.05) is 31.2 Å². The molecule has 22 heavy (non-hydrogen) atoms. The molecule has 0 aliphatic heterocycles. The van der Waals surface area contributed by atoms with Crippen LogP contribution in [0.4, 0.5) is 0 Å². The molecule has 0 saturated heterocycles. The lowest BCUT2D eigenvalue weighted by Crippen LogP contribution is -2.23. The van der Waals surface area contributed by atoms with Crippen molar-refractivity contribution in [3.05, 3.63) is 69.4 Å². The first-order valence-electron chi connectivity index (χ1n) is 6.96. The predicted molar refractivity (Wildman–Crippen MR) is 82.9 cm³/mol. The minimum atomic E-state index is -0.302. The zero-order valence-electron chi connectivity index (χ0n) is 12.4. The molecule has 0 aliphatic rings. The molecule has 6 heteroatoms. The molecule has 0 saturated carbocycles. The second-order valence-electron chi connectivity index (χ2n) is 5.23. The Morgan fingerprint density at radius 2 is 2.09 bits per heavy atom. The summed E-state index contributed by atoms with van der Waals surface area (Å²) in [6.45, 7) is 4.18. The van der Waals surface area contributed by atoms with Crippen molar-refractivity contribution in [3.63, 3.8) is 0 Å². The molecule has 112 valence electrons. The SMILES string of the molecule is Cc1cn2nc(C(=O)NCc3ccccc3C)cc2c(=O)[nH]1. The summed E-state index contributed by atoms with van der Waals surface area (Å²) in [6, 6.07) is 9.34. The number of benzene rings is 1. The van der Waals surface area contributed by atoms with Gasteiger partial charge in [-0.25, -0.2) is 4.52 Å². The lowest BCUT2D eigenvalue weighted by atomic mass is 10.1. The van der Waals surface area contributed by atoms with Gasteiger partial charge in [0.1, 0.15) is 5.52 Å². The van der Waals surface area contributed by atoms with Gasteiger partial charge < -0.3 is 10.3 Å². The zero-order valence-corrected chi connectivity index (χ0v) is 12.4. The average Bonchev–Trinajstić information content (AvgIpc) is 2.90. The van der Waals surface area contributed by atoms with Gasteiger partial charge >= 0.3 is 0 Å². The number of fused-ring (bicyclic) bond motifs is 1. The molecule has 0 atom stereocenters. The Kier molecular flexibility index (Phi) is 3.50. The minimum absolute atomic E-state index is 0.227. The molecule has 0 aliphatic carbocycles. The molecule has 3 aromatic rings. The summed E-state index contributed by atoms with van der Waals surface area (Å²) in [5.41, 5.74) is 3.17. The van der Waals surface area contributed by atoms with E-state index in [1.165, 1.54) is 10.6 Å². The van der Waals surface area contributed by atoms with E-state index in [2.05, 4.69) is 15.4 Å². The highest BCUT2D eigenvalue weighted by Gasteiger charge is 2.13. The number of nitrogens with one attached hydrogen (secondary N) is 2. The van der Waals surface area contributed by atoms with Crippen LogP contribution in [0.15, 0.2) is 41.3 Å². The van der Waals surface area contributed by atoms with Crippen LogP contribution in [-0.4, -0.2) is 20.5 Å². The van der Waals surface area contributed by atoms with Crippen molar-refractivity contribution in [3.8, 4) is 0 Å². The quantitative estimate of drug-likeness (QED) is 0.770. The number of aromatic nitrogens is 3. The number of H-pyrrole nitrogens is 1. The second-order valence-corrected chi connectivity index (χ2v) is 5.23. The first-order valence-corrected chi connectivity index (χ1v) is 6.96. The maximum atomic E-state index is 12.2. The summed E-state index contributed by atoms with van der Waals surface area (Å²) in [7, 11) is 0. The van der Waals surface area contributed by atoms with E-state index >= 15 is 0 Å². The molecule has 2 N–H and O–H groups in total. The van der Waals surface area contributed by atoms with Crippen molar-refractivity contribution in [2.24, 2.45) is 0 Å². The molecule has 0 bridgehead atoms. The molecule has 1 amide bonds. The highest BCUT2D eigenvalue weighted by atomic mass is 16.2. The van der Waals surface area contributed by atoms with E-state index in [4.69, 9.17) is 0 Å². The van der Waals surface area contributed by atoms with E-state index in [9.17, 15) is 9.59 Å². The van der Waals surface area contributed by atoms with Crippen LogP contribution in [0.25, 0.3) is 5.52 Å². The van der Waals surface area contributed by atoms with Gasteiger partial charge in [0.2, 0.25) is 0 Å². The Balaban J connectivity index is 1.82. The lowest BCUT2D eigenvalue weighted by molar-refractivity contribution is 0.0945. The highest BCUT2D eigenvalue weighted by molar-refractivity contribution is 5.93. The van der Waals surface area contributed by atoms with Gasteiger partial charge in [0.05, 0.1) is 0 Å². The van der Waals surface area contributed by atoms with Gasteiger partial charge in [0, 0.05) is 24.5 Å². The third kappa shape index (κ3) is 2.63. The van der Waals surface area contributed by atoms with E-state index in [0.717, 1.165) is 11.1 Å². The second kappa shape index (κ2) is 5.48. The van der Waals surface area contributed by atoms with Crippen molar-refractivity contribution in [1.82, 2.24) is 19.9 Å². The molecule has 0 unspecified atom stereocenters. The Labute approximate surface area is 126 Å². The van der Waals surface area contributed by atoms with Crippen molar-refractivity contribution < 1.29 is 4.79 Å². The van der Waals surface area contributed by atoms with Crippen LogP contribution >= 0.6 is 0 Å². The number of hydrogen-bond acceptors (Lipinski definition) is 3. The monoisotopic (exact) mass is 296 g/mol. The maximum Gasteiger partial charge on any atom is 0.274 e. The smallest absolute Gasteiger partial charge is 0.274 e. The van der Waals surface area contributed by atoms with Crippen molar-refractivity contribution in [2.75, 3.05) is 0 Å². The zero-order chi connectivity index (χ0) is 15.7. The van der Waals surface area contributed by atoms with Crippen LogP contribution in [0.2, 0.25) is 0 Å². The largest absolute Gasteiger partial charge is 0.347 e. The van der Waals surface area contributed by atoms with Crippen LogP contribution in [0.3, 0.4) is 0 Å². The minimum Gasteiger partial charge on any atom is -0.347 e. The van der Waals surface area contributed by atoms with E-state index in [1.54, 1.807) is 13.1 Å². The fourth-order valence-electron chi connectivity index (χ4n) is 2.31. The molecule has 2 heterocycles. The number of carbonyl (C=O) groups excluding carboxylic acids is 1. The molecule has 6 nitrogen and oxygen atoms in total. The van der Waals surface area contributed by atoms with Gasteiger partial charge in [-0.05, 0) is 25.0 Å². The Morgan fingerprint density at radius 3 is 2.86 bits per heavy atom. The lowest BCUT2D eigenvalue weighted by Gasteiger charge is -2.06. The maximum absolute atomic E-state index is 12.2. The van der Waals surface area contributed by atoms with Crippen molar-refractivity contribution >= 4 is 11.4 Å². The predicted octanol–water partition coefficient (Wildman–Crippen LogP) is 1.57. The van der Waals surface area contributed by atoms with Crippen LogP contribution in [0.5, 0.6) is 0 Å².